The predicted molar refractivity (Wildman–Crippen MR) is 71.8 cm³/mol. The van der Waals surface area contributed by atoms with Crippen LogP contribution in [0.15, 0.2) is 22.7 Å². The average Bonchev–Trinajstić information content (AvgIpc) is 2.29. The molecule has 1 heterocycles. The van der Waals surface area contributed by atoms with Gasteiger partial charge < -0.3 is 9.84 Å². The van der Waals surface area contributed by atoms with Crippen LogP contribution in [0.25, 0.3) is 0 Å². The molecule has 0 aromatic heterocycles. The minimum Gasteiger partial charge on any atom is -0.465 e. The first-order valence-electron chi connectivity index (χ1n) is 5.86. The highest BCUT2D eigenvalue weighted by Crippen LogP contribution is 2.30. The van der Waals surface area contributed by atoms with Gasteiger partial charge in [-0.1, -0.05) is 22.0 Å². The van der Waals surface area contributed by atoms with Crippen LogP contribution in [0.2, 0.25) is 0 Å². The summed E-state index contributed by atoms with van der Waals surface area (Å²) in [7, 11) is 0. The van der Waals surface area contributed by atoms with Crippen molar-refractivity contribution in [2.24, 2.45) is 0 Å². The second-order valence-corrected chi connectivity index (χ2v) is 5.51. The third-order valence-corrected chi connectivity index (χ3v) is 3.70. The first-order valence-corrected chi connectivity index (χ1v) is 6.65. The molecule has 0 radical (unpaired) electrons. The Balaban J connectivity index is 2.32. The quantitative estimate of drug-likeness (QED) is 0.866. The summed E-state index contributed by atoms with van der Waals surface area (Å²) in [5, 5.41) is 9.29. The summed E-state index contributed by atoms with van der Waals surface area (Å²) in [5.74, 6) is 0. The lowest BCUT2D eigenvalue weighted by Gasteiger charge is -2.37. The number of hydrogen-bond donors (Lipinski definition) is 1. The van der Waals surface area contributed by atoms with Gasteiger partial charge in [0.2, 0.25) is 0 Å². The molecule has 1 saturated heterocycles. The zero-order valence-electron chi connectivity index (χ0n) is 10.4. The van der Waals surface area contributed by atoms with Crippen LogP contribution in [0.1, 0.15) is 24.1 Å². The van der Waals surface area contributed by atoms with Gasteiger partial charge in [-0.3, -0.25) is 4.90 Å². The number of benzene rings is 1. The predicted octanol–water partition coefficient (Wildman–Crippen LogP) is 3.20. The largest absolute Gasteiger partial charge is 0.465 e. The number of amides is 1. The zero-order valence-corrected chi connectivity index (χ0v) is 12.0. The van der Waals surface area contributed by atoms with Crippen molar-refractivity contribution in [2.75, 3.05) is 13.2 Å². The van der Waals surface area contributed by atoms with Crippen LogP contribution in [-0.2, 0) is 4.74 Å². The van der Waals surface area contributed by atoms with E-state index in [4.69, 9.17) is 4.74 Å². The van der Waals surface area contributed by atoms with E-state index in [0.29, 0.717) is 13.2 Å². The molecule has 18 heavy (non-hydrogen) atoms. The number of rotatable bonds is 1. The fourth-order valence-electron chi connectivity index (χ4n) is 2.28. The van der Waals surface area contributed by atoms with Gasteiger partial charge in [-0.05, 0) is 37.1 Å². The first kappa shape index (κ1) is 13.4. The maximum absolute atomic E-state index is 11.3. The topological polar surface area (TPSA) is 49.8 Å². The molecule has 2 rings (SSSR count). The molecule has 98 valence electrons. The Morgan fingerprint density at radius 2 is 2.28 bits per heavy atom. The van der Waals surface area contributed by atoms with Gasteiger partial charge in [-0.25, -0.2) is 4.79 Å². The van der Waals surface area contributed by atoms with Gasteiger partial charge >= 0.3 is 6.09 Å². The van der Waals surface area contributed by atoms with Gasteiger partial charge in [0.1, 0.15) is 0 Å². The molecule has 1 aliphatic heterocycles. The third kappa shape index (κ3) is 2.67. The van der Waals surface area contributed by atoms with Crippen LogP contribution < -0.4 is 0 Å². The van der Waals surface area contributed by atoms with Crippen molar-refractivity contribution in [1.82, 2.24) is 4.90 Å². The van der Waals surface area contributed by atoms with E-state index in [-0.39, 0.29) is 12.1 Å². The Kier molecular flexibility index (Phi) is 3.92. The zero-order chi connectivity index (χ0) is 13.3. The van der Waals surface area contributed by atoms with Crippen LogP contribution in [0.5, 0.6) is 0 Å². The Hall–Kier alpha value is -1.07. The minimum absolute atomic E-state index is 0.0481. The fraction of sp³-hybridized carbons (Fsp3) is 0.462. The van der Waals surface area contributed by atoms with E-state index in [2.05, 4.69) is 15.9 Å². The van der Waals surface area contributed by atoms with Crippen molar-refractivity contribution in [2.45, 2.75) is 26.0 Å². The van der Waals surface area contributed by atoms with E-state index in [1.807, 2.05) is 32.0 Å². The molecule has 1 aromatic rings. The molecule has 0 bridgehead atoms. The van der Waals surface area contributed by atoms with E-state index >= 15 is 0 Å². The van der Waals surface area contributed by atoms with Gasteiger partial charge in [-0.2, -0.15) is 0 Å². The van der Waals surface area contributed by atoms with Crippen molar-refractivity contribution in [3.05, 3.63) is 33.8 Å². The number of aryl methyl sites for hydroxylation is 1. The smallest absolute Gasteiger partial charge is 0.407 e. The Bertz CT molecular complexity index is 464. The molecular formula is C13H16BrNO3. The fourth-order valence-corrected chi connectivity index (χ4v) is 2.76. The minimum atomic E-state index is -0.891. The van der Waals surface area contributed by atoms with Crippen LogP contribution >= 0.6 is 15.9 Å². The molecule has 1 aliphatic rings. The van der Waals surface area contributed by atoms with Gasteiger partial charge in [0, 0.05) is 4.47 Å². The first-order chi connectivity index (χ1) is 8.49. The highest BCUT2D eigenvalue weighted by Gasteiger charge is 2.32. The average molecular weight is 314 g/mol. The number of ether oxygens (including phenoxy) is 1. The molecule has 0 aliphatic carbocycles. The number of halogens is 1. The molecule has 1 fully saturated rings. The standard InChI is InChI=1S/C13H16BrNO3/c1-8-5-10(14)3-4-11(8)12-7-18-9(2)6-15(12)13(16)17/h3-5,9,12H,6-7H2,1-2H3,(H,16,17)/t9-,12-/m1/s1. The molecule has 4 nitrogen and oxygen atoms in total. The Morgan fingerprint density at radius 1 is 1.56 bits per heavy atom. The summed E-state index contributed by atoms with van der Waals surface area (Å²) >= 11 is 3.41. The lowest BCUT2D eigenvalue weighted by molar-refractivity contribution is -0.0466. The van der Waals surface area contributed by atoms with Crippen molar-refractivity contribution >= 4 is 22.0 Å². The molecule has 1 aromatic carbocycles. The summed E-state index contributed by atoms with van der Waals surface area (Å²) in [6, 6.07) is 5.67. The normalized spacial score (nSPS) is 24.1. The molecular weight excluding hydrogens is 298 g/mol. The van der Waals surface area contributed by atoms with E-state index in [1.165, 1.54) is 4.90 Å². The van der Waals surface area contributed by atoms with E-state index in [9.17, 15) is 9.90 Å². The summed E-state index contributed by atoms with van der Waals surface area (Å²) in [6.07, 6.45) is -0.939. The van der Waals surface area contributed by atoms with Crippen LogP contribution in [0, 0.1) is 6.92 Å². The lowest BCUT2D eigenvalue weighted by Crippen LogP contribution is -2.46. The summed E-state index contributed by atoms with van der Waals surface area (Å²) in [4.78, 5) is 12.8. The van der Waals surface area contributed by atoms with Crippen molar-refractivity contribution in [3.8, 4) is 0 Å². The second kappa shape index (κ2) is 5.28. The van der Waals surface area contributed by atoms with Crippen LogP contribution in [0.4, 0.5) is 4.79 Å². The Morgan fingerprint density at radius 3 is 2.89 bits per heavy atom. The van der Waals surface area contributed by atoms with Gasteiger partial charge in [0.05, 0.1) is 25.3 Å². The number of morpholine rings is 1. The van der Waals surface area contributed by atoms with Crippen molar-refractivity contribution in [1.29, 1.82) is 0 Å². The highest BCUT2D eigenvalue weighted by molar-refractivity contribution is 9.10. The summed E-state index contributed by atoms with van der Waals surface area (Å²) in [5.41, 5.74) is 2.08. The molecule has 0 saturated carbocycles. The monoisotopic (exact) mass is 313 g/mol. The van der Waals surface area contributed by atoms with Crippen LogP contribution in [-0.4, -0.2) is 35.4 Å². The number of carboxylic acid groups (broad SMARTS) is 1. The van der Waals surface area contributed by atoms with Gasteiger partial charge in [-0.15, -0.1) is 0 Å². The summed E-state index contributed by atoms with van der Waals surface area (Å²) < 4.78 is 6.59. The maximum Gasteiger partial charge on any atom is 0.407 e. The maximum atomic E-state index is 11.3. The number of carbonyl (C=O) groups is 1. The molecule has 0 spiro atoms. The molecule has 1 amide bonds. The third-order valence-electron chi connectivity index (χ3n) is 3.21. The van der Waals surface area contributed by atoms with E-state index in [0.717, 1.165) is 15.6 Å². The van der Waals surface area contributed by atoms with E-state index in [1.54, 1.807) is 0 Å². The molecule has 5 heteroatoms. The van der Waals surface area contributed by atoms with E-state index < -0.39 is 6.09 Å². The number of hydrogen-bond acceptors (Lipinski definition) is 2. The lowest BCUT2D eigenvalue weighted by atomic mass is 9.99. The molecule has 1 N–H and O–H groups in total. The van der Waals surface area contributed by atoms with Crippen molar-refractivity contribution < 1.29 is 14.6 Å². The van der Waals surface area contributed by atoms with Crippen molar-refractivity contribution in [3.63, 3.8) is 0 Å². The second-order valence-electron chi connectivity index (χ2n) is 4.60. The molecule has 2 atom stereocenters. The van der Waals surface area contributed by atoms with Gasteiger partial charge in [0.25, 0.3) is 0 Å². The highest BCUT2D eigenvalue weighted by atomic mass is 79.9. The SMILES string of the molecule is Cc1cc(Br)ccc1[C@H]1CO[C@H](C)CN1C(=O)O. The summed E-state index contributed by atoms with van der Waals surface area (Å²) in [6.45, 7) is 4.70. The number of nitrogens with zero attached hydrogens (tertiary/aromatic N) is 1. The van der Waals surface area contributed by atoms with Gasteiger partial charge in [0.15, 0.2) is 0 Å². The van der Waals surface area contributed by atoms with Crippen LogP contribution in [0.3, 0.4) is 0 Å². The Labute approximate surface area is 115 Å². The molecule has 0 unspecified atom stereocenters.